The van der Waals surface area contributed by atoms with Crippen LogP contribution in [0, 0.1) is 0 Å². The van der Waals surface area contributed by atoms with E-state index in [1.54, 1.807) is 23.1 Å². The summed E-state index contributed by atoms with van der Waals surface area (Å²) in [5.41, 5.74) is 1.33. The van der Waals surface area contributed by atoms with E-state index in [2.05, 4.69) is 10.6 Å². The van der Waals surface area contributed by atoms with Crippen molar-refractivity contribution in [3.8, 4) is 0 Å². The van der Waals surface area contributed by atoms with Gasteiger partial charge in [0, 0.05) is 22.8 Å². The van der Waals surface area contributed by atoms with Gasteiger partial charge in [0.25, 0.3) is 11.8 Å². The molecule has 4 rings (SSSR count). The first-order valence-corrected chi connectivity index (χ1v) is 8.26. The molecule has 2 aromatic carbocycles. The van der Waals surface area contributed by atoms with Crippen LogP contribution in [0.1, 0.15) is 29.3 Å². The molecule has 2 aliphatic heterocycles. The van der Waals surface area contributed by atoms with Gasteiger partial charge in [-0.3, -0.25) is 9.59 Å². The van der Waals surface area contributed by atoms with E-state index in [0.29, 0.717) is 22.8 Å². The highest BCUT2D eigenvalue weighted by Gasteiger charge is 2.55. The van der Waals surface area contributed by atoms with E-state index >= 15 is 0 Å². The lowest BCUT2D eigenvalue weighted by molar-refractivity contribution is -0.125. The first kappa shape index (κ1) is 15.0. The lowest BCUT2D eigenvalue weighted by atomic mass is 9.93. The summed E-state index contributed by atoms with van der Waals surface area (Å²) in [6, 6.07) is 12.5. The summed E-state index contributed by atoms with van der Waals surface area (Å²) in [4.78, 5) is 27.6. The van der Waals surface area contributed by atoms with E-state index in [1.807, 2.05) is 31.2 Å². The Kier molecular flexibility index (Phi) is 3.28. The van der Waals surface area contributed by atoms with Crippen LogP contribution in [-0.2, 0) is 10.5 Å². The van der Waals surface area contributed by atoms with Gasteiger partial charge >= 0.3 is 0 Å². The maximum absolute atomic E-state index is 13.1. The molecule has 0 fully saturated rings. The number of benzene rings is 2. The topological polar surface area (TPSA) is 61.4 Å². The molecule has 0 bridgehead atoms. The molecular formula is C18H16ClN3O2. The van der Waals surface area contributed by atoms with Crippen LogP contribution in [0.4, 0.5) is 11.4 Å². The Balaban J connectivity index is 1.97. The van der Waals surface area contributed by atoms with Crippen molar-refractivity contribution < 1.29 is 9.59 Å². The fourth-order valence-corrected chi connectivity index (χ4v) is 3.67. The maximum Gasteiger partial charge on any atom is 0.276 e. The molecule has 0 saturated carbocycles. The molecule has 1 unspecified atom stereocenters. The minimum atomic E-state index is -1.23. The van der Waals surface area contributed by atoms with Gasteiger partial charge in [-0.25, -0.2) is 0 Å². The van der Waals surface area contributed by atoms with E-state index in [9.17, 15) is 9.59 Å². The number of rotatable bonds is 2. The van der Waals surface area contributed by atoms with Crippen molar-refractivity contribution in [2.24, 2.45) is 0 Å². The molecule has 6 heteroatoms. The summed E-state index contributed by atoms with van der Waals surface area (Å²) in [6.07, 6.45) is 0.744. The molecule has 0 saturated heterocycles. The number of nitrogens with zero attached hydrogens (tertiary/aromatic N) is 1. The number of halogens is 1. The molecule has 122 valence electrons. The van der Waals surface area contributed by atoms with Crippen LogP contribution >= 0.6 is 11.6 Å². The molecule has 2 heterocycles. The van der Waals surface area contributed by atoms with E-state index in [0.717, 1.165) is 17.7 Å². The van der Waals surface area contributed by atoms with E-state index in [-0.39, 0.29) is 11.8 Å². The Bertz CT molecular complexity index is 867. The predicted octanol–water partition coefficient (Wildman–Crippen LogP) is 3.42. The van der Waals surface area contributed by atoms with Gasteiger partial charge in [0.1, 0.15) is 0 Å². The zero-order chi connectivity index (χ0) is 16.9. The fraction of sp³-hybridized carbons (Fsp3) is 0.222. The van der Waals surface area contributed by atoms with Crippen LogP contribution in [0.25, 0.3) is 0 Å². The van der Waals surface area contributed by atoms with Crippen molar-refractivity contribution in [1.82, 2.24) is 4.90 Å². The second-order valence-electron chi connectivity index (χ2n) is 5.98. The number of hydrogen-bond donors (Lipinski definition) is 2. The van der Waals surface area contributed by atoms with Gasteiger partial charge < -0.3 is 15.5 Å². The number of carbonyl (C=O) groups is 2. The minimum Gasteiger partial charge on any atom is -0.350 e. The van der Waals surface area contributed by atoms with Crippen LogP contribution in [0.3, 0.4) is 0 Å². The lowest BCUT2D eigenvalue weighted by Gasteiger charge is -2.44. The number of nitrogens with one attached hydrogen (secondary N) is 2. The number of anilines is 2. The average molecular weight is 342 g/mol. The summed E-state index contributed by atoms with van der Waals surface area (Å²) in [5, 5.41) is 6.69. The summed E-state index contributed by atoms with van der Waals surface area (Å²) < 4.78 is 0. The number of amides is 2. The summed E-state index contributed by atoms with van der Waals surface area (Å²) in [7, 11) is 0. The van der Waals surface area contributed by atoms with Crippen molar-refractivity contribution >= 4 is 34.8 Å². The molecule has 2 aliphatic rings. The van der Waals surface area contributed by atoms with Gasteiger partial charge in [-0.05, 0) is 30.7 Å². The lowest BCUT2D eigenvalue weighted by Crippen LogP contribution is -2.61. The maximum atomic E-state index is 13.1. The third-order valence-corrected chi connectivity index (χ3v) is 4.75. The van der Waals surface area contributed by atoms with Crippen molar-refractivity contribution in [2.45, 2.75) is 19.0 Å². The molecule has 0 radical (unpaired) electrons. The summed E-state index contributed by atoms with van der Waals surface area (Å²) >= 11 is 6.09. The number of fused-ring (bicyclic) bond motifs is 3. The van der Waals surface area contributed by atoms with Crippen molar-refractivity contribution in [3.05, 3.63) is 58.6 Å². The summed E-state index contributed by atoms with van der Waals surface area (Å²) in [5.74, 6) is -0.426. The first-order valence-electron chi connectivity index (χ1n) is 7.88. The Morgan fingerprint density at radius 1 is 1.12 bits per heavy atom. The molecule has 0 aromatic heterocycles. The monoisotopic (exact) mass is 341 g/mol. The molecule has 1 atom stereocenters. The van der Waals surface area contributed by atoms with Gasteiger partial charge in [0.2, 0.25) is 5.66 Å². The molecule has 0 aliphatic carbocycles. The van der Waals surface area contributed by atoms with Gasteiger partial charge in [0.15, 0.2) is 0 Å². The molecule has 2 aromatic rings. The van der Waals surface area contributed by atoms with Gasteiger partial charge in [0.05, 0.1) is 11.3 Å². The molecular weight excluding hydrogens is 326 g/mol. The Labute approximate surface area is 144 Å². The highest BCUT2D eigenvalue weighted by Crippen LogP contribution is 2.45. The first-order chi connectivity index (χ1) is 11.6. The minimum absolute atomic E-state index is 0.172. The third-order valence-electron chi connectivity index (χ3n) is 4.52. The van der Waals surface area contributed by atoms with Gasteiger partial charge in [-0.1, -0.05) is 36.7 Å². The van der Waals surface area contributed by atoms with Crippen LogP contribution in [0.2, 0.25) is 5.02 Å². The zero-order valence-electron chi connectivity index (χ0n) is 13.1. The molecule has 1 spiro atoms. The Hall–Kier alpha value is -2.53. The zero-order valence-corrected chi connectivity index (χ0v) is 13.9. The quantitative estimate of drug-likeness (QED) is 0.879. The van der Waals surface area contributed by atoms with Crippen molar-refractivity contribution in [1.29, 1.82) is 0 Å². The van der Waals surface area contributed by atoms with Gasteiger partial charge in [-0.2, -0.15) is 0 Å². The van der Waals surface area contributed by atoms with Crippen LogP contribution in [0.5, 0.6) is 0 Å². The Morgan fingerprint density at radius 2 is 1.92 bits per heavy atom. The second kappa shape index (κ2) is 5.24. The van der Waals surface area contributed by atoms with E-state index < -0.39 is 5.66 Å². The van der Waals surface area contributed by atoms with Crippen LogP contribution in [0.15, 0.2) is 42.5 Å². The predicted molar refractivity (Wildman–Crippen MR) is 93.2 cm³/mol. The average Bonchev–Trinajstić information content (AvgIpc) is 2.84. The molecule has 2 N–H and O–H groups in total. The molecule has 24 heavy (non-hydrogen) atoms. The third kappa shape index (κ3) is 1.88. The standard InChI is InChI=1S/C18H16ClN3O2/c1-2-9-22-16(23)12-8-7-11(19)10-15(12)21-18(22)13-5-3-4-6-14(13)20-17(18)24/h3-8,10,21H,2,9H2,1H3,(H,20,24). The Morgan fingerprint density at radius 3 is 2.71 bits per heavy atom. The van der Waals surface area contributed by atoms with Crippen LogP contribution in [-0.4, -0.2) is 23.3 Å². The van der Waals surface area contributed by atoms with Gasteiger partial charge in [-0.15, -0.1) is 0 Å². The van der Waals surface area contributed by atoms with Crippen molar-refractivity contribution in [2.75, 3.05) is 17.2 Å². The van der Waals surface area contributed by atoms with Crippen molar-refractivity contribution in [3.63, 3.8) is 0 Å². The normalized spacial score (nSPS) is 21.3. The van der Waals surface area contributed by atoms with E-state index in [1.165, 1.54) is 0 Å². The highest BCUT2D eigenvalue weighted by molar-refractivity contribution is 6.31. The number of carbonyl (C=O) groups excluding carboxylic acids is 2. The molecule has 2 amide bonds. The summed E-state index contributed by atoms with van der Waals surface area (Å²) in [6.45, 7) is 2.45. The highest BCUT2D eigenvalue weighted by atomic mass is 35.5. The second-order valence-corrected chi connectivity index (χ2v) is 6.42. The fourth-order valence-electron chi connectivity index (χ4n) is 3.49. The largest absolute Gasteiger partial charge is 0.350 e. The number of hydrogen-bond acceptors (Lipinski definition) is 3. The van der Waals surface area contributed by atoms with Crippen LogP contribution < -0.4 is 10.6 Å². The number of para-hydroxylation sites is 1. The SMILES string of the molecule is CCCN1C(=O)c2ccc(Cl)cc2NC12C(=O)Nc1ccccc12. The smallest absolute Gasteiger partial charge is 0.276 e. The van der Waals surface area contributed by atoms with E-state index in [4.69, 9.17) is 11.6 Å². The molecule has 5 nitrogen and oxygen atoms in total.